The molecule has 0 unspecified atom stereocenters. The first-order valence-electron chi connectivity index (χ1n) is 7.88. The topological polar surface area (TPSA) is 18.5 Å². The van der Waals surface area contributed by atoms with E-state index >= 15 is 0 Å². The van der Waals surface area contributed by atoms with Gasteiger partial charge >= 0.3 is 6.18 Å². The number of rotatable bonds is 3. The van der Waals surface area contributed by atoms with E-state index in [1.807, 2.05) is 30.3 Å². The van der Waals surface area contributed by atoms with Gasteiger partial charge in [-0.15, -0.1) is 0 Å². The van der Waals surface area contributed by atoms with Crippen LogP contribution in [0, 0.1) is 0 Å². The molecule has 0 saturated carbocycles. The molecule has 0 amide bonds. The Morgan fingerprint density at radius 2 is 1.80 bits per heavy atom. The lowest BCUT2D eigenvalue weighted by Gasteiger charge is -2.41. The van der Waals surface area contributed by atoms with E-state index in [2.05, 4.69) is 17.1 Å². The number of alkyl halides is 3. The second-order valence-corrected chi connectivity index (χ2v) is 6.32. The van der Waals surface area contributed by atoms with Gasteiger partial charge in [0.1, 0.15) is 0 Å². The Morgan fingerprint density at radius 3 is 2.48 bits per heavy atom. The molecule has 3 rings (SSSR count). The number of halogens is 3. The number of hydrogen-bond donors (Lipinski definition) is 1. The van der Waals surface area contributed by atoms with E-state index in [0.717, 1.165) is 17.7 Å². The van der Waals surface area contributed by atoms with Crippen LogP contribution in [-0.4, -0.2) is 23.3 Å². The van der Waals surface area contributed by atoms with Crippen molar-refractivity contribution in [3.05, 3.63) is 65.7 Å². The molecule has 3 nitrogen and oxygen atoms in total. The predicted molar refractivity (Wildman–Crippen MR) is 96.1 cm³/mol. The van der Waals surface area contributed by atoms with Gasteiger partial charge in [0.15, 0.2) is 5.11 Å². The lowest BCUT2D eigenvalue weighted by molar-refractivity contribution is -0.137. The maximum absolute atomic E-state index is 13.0. The van der Waals surface area contributed by atoms with Crippen LogP contribution in [0.2, 0.25) is 0 Å². The van der Waals surface area contributed by atoms with Crippen molar-refractivity contribution in [1.29, 1.82) is 0 Å². The standard InChI is InChI=1S/C18H18F3N3S/c1-13(14-6-3-2-4-7-14)23-11-22-17(25)24(12-23)16-9-5-8-15(10-16)18(19,20)21/h2-10,13H,11-12H2,1H3,(H,22,25)/t13-/m0/s1. The first kappa shape index (κ1) is 17.7. The van der Waals surface area contributed by atoms with Gasteiger partial charge < -0.3 is 10.2 Å². The van der Waals surface area contributed by atoms with Crippen molar-refractivity contribution < 1.29 is 13.2 Å². The molecule has 1 N–H and O–H groups in total. The number of hydrogen-bond acceptors (Lipinski definition) is 2. The molecule has 0 aromatic heterocycles. The Balaban J connectivity index is 1.83. The van der Waals surface area contributed by atoms with Crippen molar-refractivity contribution in [3.63, 3.8) is 0 Å². The summed E-state index contributed by atoms with van der Waals surface area (Å²) >= 11 is 5.31. The molecule has 132 valence electrons. The Morgan fingerprint density at radius 1 is 1.08 bits per heavy atom. The van der Waals surface area contributed by atoms with E-state index < -0.39 is 11.7 Å². The molecular formula is C18H18F3N3S. The minimum absolute atomic E-state index is 0.102. The number of nitrogens with one attached hydrogen (secondary N) is 1. The van der Waals surface area contributed by atoms with Crippen LogP contribution in [-0.2, 0) is 6.18 Å². The van der Waals surface area contributed by atoms with Gasteiger partial charge in [-0.05, 0) is 42.9 Å². The quantitative estimate of drug-likeness (QED) is 0.814. The van der Waals surface area contributed by atoms with Gasteiger partial charge in [-0.2, -0.15) is 13.2 Å². The third-order valence-electron chi connectivity index (χ3n) is 4.32. The number of nitrogens with zero attached hydrogens (tertiary/aromatic N) is 2. The Kier molecular flexibility index (Phi) is 4.96. The third-order valence-corrected chi connectivity index (χ3v) is 4.68. The number of thiocarbonyl (C=S) groups is 1. The zero-order valence-electron chi connectivity index (χ0n) is 13.6. The van der Waals surface area contributed by atoms with E-state index in [4.69, 9.17) is 12.2 Å². The molecule has 1 aliphatic rings. The van der Waals surface area contributed by atoms with Crippen molar-refractivity contribution in [3.8, 4) is 0 Å². The van der Waals surface area contributed by atoms with E-state index in [-0.39, 0.29) is 6.04 Å². The van der Waals surface area contributed by atoms with E-state index in [9.17, 15) is 13.2 Å². The Hall–Kier alpha value is -2.12. The largest absolute Gasteiger partial charge is 0.416 e. The fourth-order valence-corrected chi connectivity index (χ4v) is 3.04. The fourth-order valence-electron chi connectivity index (χ4n) is 2.81. The van der Waals surface area contributed by atoms with Crippen LogP contribution < -0.4 is 10.2 Å². The molecule has 7 heteroatoms. The minimum atomic E-state index is -4.38. The number of benzene rings is 2. The van der Waals surface area contributed by atoms with Gasteiger partial charge in [0.05, 0.1) is 18.9 Å². The Bertz CT molecular complexity index is 749. The van der Waals surface area contributed by atoms with Crippen LogP contribution in [0.1, 0.15) is 24.1 Å². The first-order valence-corrected chi connectivity index (χ1v) is 8.29. The van der Waals surface area contributed by atoms with Crippen LogP contribution in [0.4, 0.5) is 18.9 Å². The molecule has 0 radical (unpaired) electrons. The highest BCUT2D eigenvalue weighted by atomic mass is 32.1. The van der Waals surface area contributed by atoms with Gasteiger partial charge in [0, 0.05) is 11.7 Å². The summed E-state index contributed by atoms with van der Waals surface area (Å²) in [5.41, 5.74) is 0.888. The summed E-state index contributed by atoms with van der Waals surface area (Å²) in [5, 5.41) is 3.52. The van der Waals surface area contributed by atoms with Gasteiger partial charge in [0.25, 0.3) is 0 Å². The highest BCUT2D eigenvalue weighted by Crippen LogP contribution is 2.32. The Labute approximate surface area is 150 Å². The molecule has 2 aromatic rings. The van der Waals surface area contributed by atoms with Crippen LogP contribution in [0.15, 0.2) is 54.6 Å². The molecular weight excluding hydrogens is 347 g/mol. The highest BCUT2D eigenvalue weighted by molar-refractivity contribution is 7.80. The van der Waals surface area contributed by atoms with Crippen LogP contribution in [0.5, 0.6) is 0 Å². The maximum atomic E-state index is 13.0. The zero-order valence-corrected chi connectivity index (χ0v) is 14.4. The lowest BCUT2D eigenvalue weighted by atomic mass is 10.1. The SMILES string of the molecule is C[C@@H](c1ccccc1)N1CNC(=S)N(c2cccc(C(F)(F)F)c2)C1. The van der Waals surface area contributed by atoms with Crippen molar-refractivity contribution in [2.75, 3.05) is 18.2 Å². The van der Waals surface area contributed by atoms with Crippen LogP contribution in [0.25, 0.3) is 0 Å². The van der Waals surface area contributed by atoms with E-state index in [0.29, 0.717) is 24.1 Å². The predicted octanol–water partition coefficient (Wildman–Crippen LogP) is 4.38. The molecule has 1 fully saturated rings. The molecule has 0 spiro atoms. The highest BCUT2D eigenvalue weighted by Gasteiger charge is 2.32. The van der Waals surface area contributed by atoms with Gasteiger partial charge in [-0.25, -0.2) is 0 Å². The van der Waals surface area contributed by atoms with Crippen LogP contribution >= 0.6 is 12.2 Å². The van der Waals surface area contributed by atoms with Crippen molar-refractivity contribution in [1.82, 2.24) is 10.2 Å². The second kappa shape index (κ2) is 7.01. The molecule has 1 aliphatic heterocycles. The molecule has 1 heterocycles. The van der Waals surface area contributed by atoms with Crippen molar-refractivity contribution >= 4 is 23.0 Å². The summed E-state index contributed by atoms with van der Waals surface area (Å²) in [5.74, 6) is 0. The number of anilines is 1. The monoisotopic (exact) mass is 365 g/mol. The van der Waals surface area contributed by atoms with Gasteiger partial charge in [-0.3, -0.25) is 4.90 Å². The molecule has 1 atom stereocenters. The summed E-state index contributed by atoms with van der Waals surface area (Å²) in [4.78, 5) is 3.80. The lowest BCUT2D eigenvalue weighted by Crippen LogP contribution is -2.56. The summed E-state index contributed by atoms with van der Waals surface area (Å²) in [6.45, 7) is 3.03. The minimum Gasteiger partial charge on any atom is -0.349 e. The fraction of sp³-hybridized carbons (Fsp3) is 0.278. The average molecular weight is 365 g/mol. The smallest absolute Gasteiger partial charge is 0.349 e. The molecule has 2 aromatic carbocycles. The third kappa shape index (κ3) is 3.93. The molecule has 1 saturated heterocycles. The summed E-state index contributed by atoms with van der Waals surface area (Å²) in [7, 11) is 0. The summed E-state index contributed by atoms with van der Waals surface area (Å²) in [6, 6.07) is 15.3. The summed E-state index contributed by atoms with van der Waals surface area (Å²) < 4.78 is 38.9. The van der Waals surface area contributed by atoms with Crippen LogP contribution in [0.3, 0.4) is 0 Å². The first-order chi connectivity index (χ1) is 11.9. The average Bonchev–Trinajstić information content (AvgIpc) is 2.62. The van der Waals surface area contributed by atoms with Crippen molar-refractivity contribution in [2.24, 2.45) is 0 Å². The zero-order chi connectivity index (χ0) is 18.0. The normalized spacial score (nSPS) is 17.3. The van der Waals surface area contributed by atoms with Crippen molar-refractivity contribution in [2.45, 2.75) is 19.1 Å². The van der Waals surface area contributed by atoms with E-state index in [1.165, 1.54) is 6.07 Å². The molecule has 25 heavy (non-hydrogen) atoms. The second-order valence-electron chi connectivity index (χ2n) is 5.93. The summed E-state index contributed by atoms with van der Waals surface area (Å²) in [6.07, 6.45) is -4.38. The van der Waals surface area contributed by atoms with Gasteiger partial charge in [0.2, 0.25) is 0 Å². The van der Waals surface area contributed by atoms with E-state index in [1.54, 1.807) is 11.0 Å². The molecule has 0 bridgehead atoms. The maximum Gasteiger partial charge on any atom is 0.416 e. The molecule has 0 aliphatic carbocycles. The van der Waals surface area contributed by atoms with Gasteiger partial charge in [-0.1, -0.05) is 36.4 Å².